The summed E-state index contributed by atoms with van der Waals surface area (Å²) in [6.07, 6.45) is 2.91. The summed E-state index contributed by atoms with van der Waals surface area (Å²) in [7, 11) is 0. The number of hydrogen-bond donors (Lipinski definition) is 3. The number of benzene rings is 1. The number of hydrogen-bond acceptors (Lipinski definition) is 5. The number of aliphatic hydroxyl groups is 1. The zero-order valence-corrected chi connectivity index (χ0v) is 19.1. The molecule has 1 aromatic carbocycles. The van der Waals surface area contributed by atoms with Crippen LogP contribution in [0.1, 0.15) is 31.7 Å². The Morgan fingerprint density at radius 1 is 1.27 bits per heavy atom. The van der Waals surface area contributed by atoms with Gasteiger partial charge in [0, 0.05) is 56.0 Å². The van der Waals surface area contributed by atoms with Crippen LogP contribution >= 0.6 is 0 Å². The Morgan fingerprint density at radius 2 is 2.09 bits per heavy atom. The summed E-state index contributed by atoms with van der Waals surface area (Å²) < 4.78 is 3.81. The van der Waals surface area contributed by atoms with Gasteiger partial charge in [0.05, 0.1) is 23.3 Å². The lowest BCUT2D eigenvalue weighted by Gasteiger charge is -2.33. The van der Waals surface area contributed by atoms with Crippen LogP contribution in [0.3, 0.4) is 0 Å². The lowest BCUT2D eigenvalue weighted by molar-refractivity contribution is 0.198. The second kappa shape index (κ2) is 9.76. The van der Waals surface area contributed by atoms with Crippen molar-refractivity contribution in [1.82, 2.24) is 19.4 Å². The molecule has 0 saturated carbocycles. The number of amides is 1. The van der Waals surface area contributed by atoms with Gasteiger partial charge in [-0.1, -0.05) is 6.07 Å². The lowest BCUT2D eigenvalue weighted by atomic mass is 9.96. The number of nitrogens with one attached hydrogen (secondary N) is 1. The lowest BCUT2D eigenvalue weighted by Crippen LogP contribution is -2.41. The molecule has 4 rings (SSSR count). The Labute approximate surface area is 192 Å². The van der Waals surface area contributed by atoms with Gasteiger partial charge in [0.2, 0.25) is 0 Å². The highest BCUT2D eigenvalue weighted by Gasteiger charge is 2.30. The van der Waals surface area contributed by atoms with E-state index in [0.29, 0.717) is 31.7 Å². The molecule has 0 saturated heterocycles. The molecule has 1 amide bonds. The average molecular weight is 454 g/mol. The van der Waals surface area contributed by atoms with Crippen molar-refractivity contribution >= 4 is 22.8 Å². The molecule has 9 nitrogen and oxygen atoms in total. The molecular formula is C24H31N5O4. The van der Waals surface area contributed by atoms with Crippen LogP contribution in [0, 0.1) is 0 Å². The number of aryl methyl sites for hydroxylation is 3. The van der Waals surface area contributed by atoms with Crippen molar-refractivity contribution in [2.24, 2.45) is 0 Å². The molecule has 3 N–H and O–H groups in total. The number of anilines is 1. The van der Waals surface area contributed by atoms with Gasteiger partial charge in [-0.15, -0.1) is 0 Å². The molecule has 1 aliphatic heterocycles. The molecule has 0 aliphatic carbocycles. The number of rotatable bonds is 8. The van der Waals surface area contributed by atoms with Crippen LogP contribution in [0.25, 0.3) is 11.0 Å². The van der Waals surface area contributed by atoms with Crippen LogP contribution in [0.15, 0.2) is 41.3 Å². The van der Waals surface area contributed by atoms with E-state index in [4.69, 9.17) is 4.98 Å². The first kappa shape index (κ1) is 23.0. The van der Waals surface area contributed by atoms with Gasteiger partial charge >= 0.3 is 6.09 Å². The third-order valence-corrected chi connectivity index (χ3v) is 6.38. The van der Waals surface area contributed by atoms with Crippen molar-refractivity contribution in [3.63, 3.8) is 0 Å². The van der Waals surface area contributed by atoms with E-state index in [1.807, 2.05) is 32.0 Å². The van der Waals surface area contributed by atoms with E-state index in [1.165, 1.54) is 4.90 Å². The van der Waals surface area contributed by atoms with E-state index in [1.54, 1.807) is 22.9 Å². The van der Waals surface area contributed by atoms with Gasteiger partial charge in [-0.2, -0.15) is 0 Å². The van der Waals surface area contributed by atoms with Crippen LogP contribution in [-0.4, -0.2) is 55.7 Å². The van der Waals surface area contributed by atoms with E-state index in [9.17, 15) is 19.8 Å². The van der Waals surface area contributed by atoms with Crippen LogP contribution in [0.2, 0.25) is 0 Å². The molecule has 0 spiro atoms. The van der Waals surface area contributed by atoms with Gasteiger partial charge < -0.3 is 24.7 Å². The molecular weight excluding hydrogens is 422 g/mol. The predicted octanol–water partition coefficient (Wildman–Crippen LogP) is 2.23. The minimum Gasteiger partial charge on any atom is -0.465 e. The molecule has 176 valence electrons. The summed E-state index contributed by atoms with van der Waals surface area (Å²) in [6, 6.07) is 8.85. The second-order valence-electron chi connectivity index (χ2n) is 8.67. The zero-order valence-electron chi connectivity index (χ0n) is 19.1. The second-order valence-corrected chi connectivity index (χ2v) is 8.67. The number of aliphatic hydroxyl groups excluding tert-OH is 1. The molecule has 3 heterocycles. The molecule has 0 fully saturated rings. The summed E-state index contributed by atoms with van der Waals surface area (Å²) in [4.78, 5) is 30.4. The average Bonchev–Trinajstić information content (AvgIpc) is 3.15. The Hall–Kier alpha value is -3.17. The fourth-order valence-electron chi connectivity index (χ4n) is 4.56. The summed E-state index contributed by atoms with van der Waals surface area (Å²) in [5, 5.41) is 22.4. The van der Waals surface area contributed by atoms with E-state index >= 15 is 0 Å². The normalized spacial score (nSPS) is 16.7. The van der Waals surface area contributed by atoms with E-state index in [2.05, 4.69) is 9.88 Å². The van der Waals surface area contributed by atoms with Crippen LogP contribution in [0.4, 0.5) is 10.5 Å². The smallest absolute Gasteiger partial charge is 0.412 e. The number of carboxylic acid groups (broad SMARTS) is 1. The zero-order chi connectivity index (χ0) is 23.5. The summed E-state index contributed by atoms with van der Waals surface area (Å²) in [5.41, 5.74) is 3.40. The Balaban J connectivity index is 1.72. The maximum Gasteiger partial charge on any atom is 0.412 e. The van der Waals surface area contributed by atoms with Gasteiger partial charge in [0.25, 0.3) is 5.56 Å². The summed E-state index contributed by atoms with van der Waals surface area (Å²) in [5.74, 6) is 0.855. The molecule has 2 unspecified atom stereocenters. The minimum atomic E-state index is -0.951. The summed E-state index contributed by atoms with van der Waals surface area (Å²) in [6.45, 7) is 5.72. The maximum absolute atomic E-state index is 12.1. The Bertz CT molecular complexity index is 1200. The largest absolute Gasteiger partial charge is 0.465 e. The van der Waals surface area contributed by atoms with Gasteiger partial charge in [-0.05, 0) is 44.9 Å². The molecule has 1 aliphatic rings. The van der Waals surface area contributed by atoms with E-state index in [-0.39, 0.29) is 24.2 Å². The monoisotopic (exact) mass is 453 g/mol. The highest BCUT2D eigenvalue weighted by molar-refractivity contribution is 5.94. The molecule has 2 aromatic heterocycles. The highest BCUT2D eigenvalue weighted by Crippen LogP contribution is 2.36. The van der Waals surface area contributed by atoms with Crippen LogP contribution in [0.5, 0.6) is 0 Å². The third-order valence-electron chi connectivity index (χ3n) is 6.38. The van der Waals surface area contributed by atoms with Crippen LogP contribution < -0.4 is 15.8 Å². The molecule has 33 heavy (non-hydrogen) atoms. The number of imidazole rings is 1. The summed E-state index contributed by atoms with van der Waals surface area (Å²) >= 11 is 0. The number of carbonyl (C=O) groups is 1. The SMILES string of the molecule is CC(CO)NCCn1c(CCn2ccccc2=O)nc2c3c(ccc21)N(C(=O)O)C(C)CC3. The first-order valence-electron chi connectivity index (χ1n) is 11.4. The minimum absolute atomic E-state index is 0.00972. The Kier molecular flexibility index (Phi) is 6.80. The maximum atomic E-state index is 12.1. The fourth-order valence-corrected chi connectivity index (χ4v) is 4.56. The quantitative estimate of drug-likeness (QED) is 0.482. The van der Waals surface area contributed by atoms with Gasteiger partial charge in [-0.3, -0.25) is 9.69 Å². The number of pyridine rings is 1. The third kappa shape index (κ3) is 4.65. The van der Waals surface area contributed by atoms with E-state index in [0.717, 1.165) is 35.3 Å². The molecule has 2 atom stereocenters. The number of aromatic nitrogens is 3. The Morgan fingerprint density at radius 3 is 2.82 bits per heavy atom. The van der Waals surface area contributed by atoms with Gasteiger partial charge in [0.15, 0.2) is 0 Å². The first-order chi connectivity index (χ1) is 15.9. The van der Waals surface area contributed by atoms with E-state index < -0.39 is 6.09 Å². The molecule has 0 bridgehead atoms. The molecule has 9 heteroatoms. The topological polar surface area (TPSA) is 113 Å². The van der Waals surface area contributed by atoms with Crippen molar-refractivity contribution in [2.45, 2.75) is 58.3 Å². The number of fused-ring (bicyclic) bond motifs is 3. The fraction of sp³-hybridized carbons (Fsp3) is 0.458. The van der Waals surface area contributed by atoms with Crippen molar-refractivity contribution in [3.8, 4) is 0 Å². The van der Waals surface area contributed by atoms with Crippen molar-refractivity contribution in [2.75, 3.05) is 18.1 Å². The van der Waals surface area contributed by atoms with Crippen molar-refractivity contribution in [1.29, 1.82) is 0 Å². The van der Waals surface area contributed by atoms with Crippen LogP contribution in [-0.2, 0) is 25.9 Å². The molecule has 0 radical (unpaired) electrons. The van der Waals surface area contributed by atoms with Crippen molar-refractivity contribution < 1.29 is 15.0 Å². The van der Waals surface area contributed by atoms with Crippen molar-refractivity contribution in [3.05, 3.63) is 58.3 Å². The highest BCUT2D eigenvalue weighted by atomic mass is 16.4. The molecule has 3 aromatic rings. The van der Waals surface area contributed by atoms with Gasteiger partial charge in [-0.25, -0.2) is 9.78 Å². The predicted molar refractivity (Wildman–Crippen MR) is 127 cm³/mol. The van der Waals surface area contributed by atoms with Gasteiger partial charge in [0.1, 0.15) is 5.82 Å². The standard InChI is InChI=1S/C24H31N5O4/c1-16(15-30)25-11-14-28-20-9-8-19-18(7-6-17(2)29(19)24(32)33)23(20)26-21(28)10-13-27-12-4-3-5-22(27)31/h3-5,8-9,12,16-17,25,30H,6-7,10-11,13-15H2,1-2H3,(H,32,33). The first-order valence-corrected chi connectivity index (χ1v) is 11.4. The number of nitrogens with zero attached hydrogens (tertiary/aromatic N) is 4.